The van der Waals surface area contributed by atoms with Crippen LogP contribution >= 0.6 is 0 Å². The van der Waals surface area contributed by atoms with Crippen LogP contribution in [0.25, 0.3) is 0 Å². The van der Waals surface area contributed by atoms with Crippen LogP contribution in [-0.4, -0.2) is 283 Å². The summed E-state index contributed by atoms with van der Waals surface area (Å²) in [6, 6.07) is 10.0. The number of carbonyl (C=O) groups is 17. The lowest BCUT2D eigenvalue weighted by Crippen LogP contribution is -2.60. The average molecular weight is 1800 g/mol. The van der Waals surface area contributed by atoms with Crippen molar-refractivity contribution in [2.45, 2.75) is 256 Å². The van der Waals surface area contributed by atoms with Crippen molar-refractivity contribution >= 4 is 101 Å². The number of ether oxygens (including phenoxy) is 3. The highest BCUT2D eigenvalue weighted by atomic mass is 16.5. The predicted molar refractivity (Wildman–Crippen MR) is 470 cm³/mol. The van der Waals surface area contributed by atoms with Crippen LogP contribution in [0.2, 0.25) is 0 Å². The lowest BCUT2D eigenvalue weighted by atomic mass is 9.89. The number of urea groups is 1. The third-order valence-electron chi connectivity index (χ3n) is 23.2. The number of benzene rings is 3. The van der Waals surface area contributed by atoms with E-state index in [9.17, 15) is 92.0 Å². The first-order valence-corrected chi connectivity index (χ1v) is 44.0. The molecule has 128 heavy (non-hydrogen) atoms. The van der Waals surface area contributed by atoms with E-state index in [-0.39, 0.29) is 152 Å². The number of nitrogens with one attached hydrogen (secondary N) is 10. The van der Waals surface area contributed by atoms with Gasteiger partial charge in [-0.1, -0.05) is 128 Å². The molecule has 15 N–H and O–H groups in total. The van der Waals surface area contributed by atoms with Crippen LogP contribution < -0.4 is 58.9 Å². The summed E-state index contributed by atoms with van der Waals surface area (Å²) in [6.45, 7) is 12.4. The zero-order valence-corrected chi connectivity index (χ0v) is 75.8. The van der Waals surface area contributed by atoms with Crippen LogP contribution in [0.5, 0.6) is 5.75 Å². The van der Waals surface area contributed by atoms with E-state index in [2.05, 4.69) is 53.2 Å². The summed E-state index contributed by atoms with van der Waals surface area (Å²) in [7, 11) is 7.36. The summed E-state index contributed by atoms with van der Waals surface area (Å²) in [5.74, 6) is -13.8. The van der Waals surface area contributed by atoms with Gasteiger partial charge in [0.05, 0.1) is 43.2 Å². The van der Waals surface area contributed by atoms with Crippen LogP contribution in [-0.2, 0) is 110 Å². The average Bonchev–Trinajstić information content (AvgIpc) is 1.71. The molecule has 2 aliphatic heterocycles. The first kappa shape index (κ1) is 107. The maximum absolute atomic E-state index is 15.0. The second-order valence-electron chi connectivity index (χ2n) is 33.5. The third kappa shape index (κ3) is 35.2. The number of likely N-dealkylation sites (N-methyl/N-ethyl adjacent to an activating group) is 2. The Hall–Kier alpha value is -11.7. The number of phenols is 1. The predicted octanol–water partition coefficient (Wildman–Crippen LogP) is 2.42. The van der Waals surface area contributed by atoms with Crippen LogP contribution in [0.4, 0.5) is 4.79 Å². The summed E-state index contributed by atoms with van der Waals surface area (Å²) in [5, 5.41) is 57.1. The molecule has 0 bridgehead atoms. The van der Waals surface area contributed by atoms with Crippen molar-refractivity contribution < 1.29 is 111 Å². The van der Waals surface area contributed by atoms with Crippen molar-refractivity contribution in [2.75, 3.05) is 74.8 Å². The molecule has 2 aliphatic rings. The number of aromatic hydroxyl groups is 1. The lowest BCUT2D eigenvalue weighted by Gasteiger charge is -2.41. The Kier molecular flexibility index (Phi) is 46.0. The van der Waals surface area contributed by atoms with Crippen LogP contribution in [0.1, 0.15) is 181 Å². The molecule has 38 nitrogen and oxygen atoms in total. The molecule has 38 heteroatoms. The number of hydrogen-bond acceptors (Lipinski definition) is 21. The van der Waals surface area contributed by atoms with Gasteiger partial charge in [0.2, 0.25) is 82.7 Å². The monoisotopic (exact) mass is 1790 g/mol. The topological polar surface area (TPSA) is 538 Å². The zero-order valence-electron chi connectivity index (χ0n) is 75.8. The zero-order chi connectivity index (χ0) is 94.9. The molecular formula is C90H135N15O23. The highest BCUT2D eigenvalue weighted by molar-refractivity contribution is 6.05. The van der Waals surface area contributed by atoms with Gasteiger partial charge in [-0.2, -0.15) is 0 Å². The largest absolute Gasteiger partial charge is 0.508 e. The molecule has 0 saturated carbocycles. The number of nitrogens with zero attached hydrogens (tertiary/aromatic N) is 4. The van der Waals surface area contributed by atoms with E-state index in [4.69, 9.17) is 19.9 Å². The van der Waals surface area contributed by atoms with E-state index in [0.717, 1.165) is 10.5 Å². The molecule has 2 saturated heterocycles. The minimum Gasteiger partial charge on any atom is -0.508 e. The number of aliphatic carboxylic acids is 2. The van der Waals surface area contributed by atoms with E-state index < -0.39 is 186 Å². The second-order valence-corrected chi connectivity index (χ2v) is 33.5. The molecule has 0 unspecified atom stereocenters. The molecule has 0 aliphatic carbocycles. The van der Waals surface area contributed by atoms with Crippen LogP contribution in [0.15, 0.2) is 84.9 Å². The number of carboxylic acids is 2. The summed E-state index contributed by atoms with van der Waals surface area (Å²) in [6.07, 6.45) is -0.766. The summed E-state index contributed by atoms with van der Waals surface area (Å²) in [5.41, 5.74) is 7.06. The van der Waals surface area contributed by atoms with Crippen molar-refractivity contribution in [1.29, 1.82) is 0 Å². The molecule has 2 fully saturated rings. The quantitative estimate of drug-likeness (QED) is 0.0285. The molecule has 14 atom stereocenters. The fraction of sp³-hybridized carbons (Fsp3) is 0.611. The Morgan fingerprint density at radius 3 is 1.53 bits per heavy atom. The highest BCUT2D eigenvalue weighted by Crippen LogP contribution is 2.31. The number of primary amides is 1. The molecule has 5 rings (SSSR count). The molecular weight excluding hydrogens is 1660 g/mol. The van der Waals surface area contributed by atoms with E-state index in [1.54, 1.807) is 107 Å². The van der Waals surface area contributed by atoms with E-state index >= 15 is 4.79 Å². The molecule has 0 radical (unpaired) electrons. The number of carbonyl (C=O) groups excluding carboxylic acids is 15. The normalized spacial score (nSPS) is 16.2. The van der Waals surface area contributed by atoms with Gasteiger partial charge < -0.3 is 103 Å². The number of methoxy groups -OCH3 is 3. The molecule has 0 spiro atoms. The van der Waals surface area contributed by atoms with E-state index in [1.807, 2.05) is 13.8 Å². The fourth-order valence-electron chi connectivity index (χ4n) is 15.8. The molecule has 2 heterocycles. The number of nitrogens with two attached hydrogens (primary N) is 1. The Morgan fingerprint density at radius 1 is 0.516 bits per heavy atom. The number of likely N-dealkylation sites (tertiary alicyclic amines) is 2. The number of phenolic OH excluding ortho intramolecular Hbond substituents is 1. The standard InChI is InChI=1S/C90H135N15O23/c1-13-56(6)79(69(127-11)52-76(113)104-47-26-34-68(104)80(128-12)57(7)81(114)99-66(88(121)122)50-59-29-18-15-19-30-59)103(9)87(120)77(54(2)3)101-86(119)78(55(4)5)102(8)73(110)36-24-35-71(108)96-65(49-58-27-16-14-17-28-58)85(118)98-64(33-25-46-94-90(91)125)83(116)97-63(84(117)100-67(89(123)124)51-60-37-39-61(106)40-38-60)32-21-23-45-93-82(115)62(31-20-22-44-92-70(107)43-48-126-10)95-72(109)53-105-74(111)41-42-75(105)112/h14-19,27-30,37-40,54-57,62-69,77-80,106H,13,20-26,31-36,41-53H2,1-12H3,(H,92,107)(H,93,115)(H,95,109)(H,96,108)(H,97,116)(H,98,118)(H,99,114)(H,100,117)(H,101,119)(H,121,122)(H,123,124)(H3,91,94,125)/t56-,57+,62-,63-,64-,65-,66-,67-,68-,69+,77-,78-,79-,80+/m0/s1. The fourth-order valence-corrected chi connectivity index (χ4v) is 15.8. The Bertz CT molecular complexity index is 4170. The van der Waals surface area contributed by atoms with Crippen molar-refractivity contribution in [3.8, 4) is 5.75 Å². The van der Waals surface area contributed by atoms with Crippen molar-refractivity contribution in [3.63, 3.8) is 0 Å². The van der Waals surface area contributed by atoms with Gasteiger partial charge in [0.25, 0.3) is 0 Å². The Balaban J connectivity index is 1.29. The molecule has 0 aromatic heterocycles. The smallest absolute Gasteiger partial charge is 0.326 e. The minimum atomic E-state index is -1.59. The van der Waals surface area contributed by atoms with Crippen molar-refractivity contribution in [1.82, 2.24) is 72.8 Å². The van der Waals surface area contributed by atoms with Crippen molar-refractivity contribution in [2.24, 2.45) is 29.4 Å². The van der Waals surface area contributed by atoms with Gasteiger partial charge in [-0.15, -0.1) is 0 Å². The summed E-state index contributed by atoms with van der Waals surface area (Å²) < 4.78 is 17.0. The highest BCUT2D eigenvalue weighted by Gasteiger charge is 2.45. The van der Waals surface area contributed by atoms with Gasteiger partial charge in [0, 0.05) is 113 Å². The molecule has 708 valence electrons. The number of carboxylic acid groups (broad SMARTS) is 2. The van der Waals surface area contributed by atoms with Gasteiger partial charge in [0.15, 0.2) is 0 Å². The number of hydrogen-bond donors (Lipinski definition) is 14. The first-order chi connectivity index (χ1) is 60.8. The maximum atomic E-state index is 15.0. The van der Waals surface area contributed by atoms with Crippen LogP contribution in [0, 0.1) is 23.7 Å². The van der Waals surface area contributed by atoms with E-state index in [0.29, 0.717) is 49.8 Å². The number of rotatable bonds is 58. The molecule has 3 aromatic rings. The van der Waals surface area contributed by atoms with Gasteiger partial charge in [-0.05, 0) is 117 Å². The number of unbranched alkanes of at least 4 members (excludes halogenated alkanes) is 2. The summed E-state index contributed by atoms with van der Waals surface area (Å²) >= 11 is 0. The number of amides is 16. The van der Waals surface area contributed by atoms with Gasteiger partial charge >= 0.3 is 18.0 Å². The number of imide groups is 1. The molecule has 16 amide bonds. The summed E-state index contributed by atoms with van der Waals surface area (Å²) in [4.78, 5) is 237. The van der Waals surface area contributed by atoms with Crippen molar-refractivity contribution in [3.05, 3.63) is 102 Å². The Labute approximate surface area is 748 Å². The lowest BCUT2D eigenvalue weighted by molar-refractivity contribution is -0.149. The first-order valence-electron chi connectivity index (χ1n) is 44.0. The third-order valence-corrected chi connectivity index (χ3v) is 23.2. The SMILES string of the molecule is CC[C@H](C)[C@@H]([C@@H](CC(=O)N1CCC[C@H]1[C@H](OC)[C@@H](C)C(=O)N[C@@H](Cc1ccccc1)C(=O)O)OC)N(C)C(=O)[C@@H](NC(=O)[C@H](C(C)C)N(C)C(=O)CCCC(=O)N[C@@H](Cc1ccccc1)C(=O)N[C@@H](CCCNC(N)=O)C(=O)N[C@@H](CCCCNC(=O)[C@H](CCCCNC(=O)CCOC)NC(=O)CN1C(=O)CCC1=O)C(=O)N[C@@H](Cc1ccc(O)cc1)C(=O)O)C(C)C. The molecule has 3 aromatic carbocycles. The second kappa shape index (κ2) is 55.2. The van der Waals surface area contributed by atoms with Crippen LogP contribution in [0.3, 0.4) is 0 Å². The Morgan fingerprint density at radius 2 is 1.02 bits per heavy atom. The van der Waals surface area contributed by atoms with Gasteiger partial charge in [-0.25, -0.2) is 14.4 Å². The van der Waals surface area contributed by atoms with E-state index in [1.165, 1.54) is 62.4 Å². The van der Waals surface area contributed by atoms with Gasteiger partial charge in [-0.3, -0.25) is 72.0 Å². The maximum Gasteiger partial charge on any atom is 0.326 e. The minimum absolute atomic E-state index is 0.0000104. The van der Waals surface area contributed by atoms with Gasteiger partial charge in [0.1, 0.15) is 60.6 Å².